The number of thiazole rings is 1. The zero-order valence-corrected chi connectivity index (χ0v) is 18.1. The van der Waals surface area contributed by atoms with Gasteiger partial charge in [-0.05, 0) is 17.7 Å². The average molecular weight is 425 g/mol. The standard InChI is InChI=1S/C23H24N2O4S/c1-5-11-25(23-24-18(15-30-23)17-9-7-6-8-10-17)21(26)14-16-12-19(27-2)22(29-4)20(13-16)28-3/h5-10,12-13,15H,1,11,14H2,2-4H3. The highest BCUT2D eigenvalue weighted by Crippen LogP contribution is 2.38. The number of benzene rings is 2. The Morgan fingerprint density at radius 2 is 1.77 bits per heavy atom. The largest absolute Gasteiger partial charge is 0.493 e. The van der Waals surface area contributed by atoms with Crippen molar-refractivity contribution in [2.75, 3.05) is 32.8 Å². The molecule has 3 aromatic rings. The molecule has 0 spiro atoms. The van der Waals surface area contributed by atoms with Gasteiger partial charge in [0, 0.05) is 17.5 Å². The third-order valence-corrected chi connectivity index (χ3v) is 5.35. The number of carbonyl (C=O) groups is 1. The van der Waals surface area contributed by atoms with Gasteiger partial charge in [-0.15, -0.1) is 17.9 Å². The van der Waals surface area contributed by atoms with Gasteiger partial charge in [0.25, 0.3) is 0 Å². The molecule has 0 atom stereocenters. The number of methoxy groups -OCH3 is 3. The highest BCUT2D eigenvalue weighted by Gasteiger charge is 2.21. The van der Waals surface area contributed by atoms with Gasteiger partial charge < -0.3 is 14.2 Å². The zero-order valence-electron chi connectivity index (χ0n) is 17.3. The van der Waals surface area contributed by atoms with Crippen LogP contribution in [0.4, 0.5) is 5.13 Å². The van der Waals surface area contributed by atoms with E-state index in [0.717, 1.165) is 16.8 Å². The number of rotatable bonds is 9. The Labute approximate surface area is 180 Å². The maximum Gasteiger partial charge on any atom is 0.233 e. The van der Waals surface area contributed by atoms with Crippen molar-refractivity contribution in [1.29, 1.82) is 0 Å². The highest BCUT2D eigenvalue weighted by atomic mass is 32.1. The Kier molecular flexibility index (Phi) is 7.08. The van der Waals surface area contributed by atoms with Gasteiger partial charge in [0.1, 0.15) is 0 Å². The molecule has 0 unspecified atom stereocenters. The third-order valence-electron chi connectivity index (χ3n) is 4.49. The van der Waals surface area contributed by atoms with Crippen LogP contribution in [0, 0.1) is 0 Å². The summed E-state index contributed by atoms with van der Waals surface area (Å²) in [6.07, 6.45) is 1.85. The molecule has 1 heterocycles. The van der Waals surface area contributed by atoms with Crippen LogP contribution >= 0.6 is 11.3 Å². The van der Waals surface area contributed by atoms with Crippen molar-refractivity contribution in [2.45, 2.75) is 6.42 Å². The van der Waals surface area contributed by atoms with Crippen LogP contribution in [0.1, 0.15) is 5.56 Å². The fraction of sp³-hybridized carbons (Fsp3) is 0.217. The van der Waals surface area contributed by atoms with E-state index >= 15 is 0 Å². The smallest absolute Gasteiger partial charge is 0.233 e. The average Bonchev–Trinajstić information content (AvgIpc) is 3.27. The molecule has 3 rings (SSSR count). The quantitative estimate of drug-likeness (QED) is 0.470. The minimum atomic E-state index is -0.0989. The summed E-state index contributed by atoms with van der Waals surface area (Å²) in [4.78, 5) is 19.4. The van der Waals surface area contributed by atoms with E-state index < -0.39 is 0 Å². The molecule has 156 valence electrons. The number of aromatic nitrogens is 1. The van der Waals surface area contributed by atoms with Crippen molar-refractivity contribution < 1.29 is 19.0 Å². The number of carbonyl (C=O) groups excluding carboxylic acids is 1. The molecular formula is C23H24N2O4S. The zero-order chi connectivity index (χ0) is 21.5. The number of ether oxygens (including phenoxy) is 3. The second-order valence-corrected chi connectivity index (χ2v) is 7.22. The first-order chi connectivity index (χ1) is 14.6. The summed E-state index contributed by atoms with van der Waals surface area (Å²) in [5.41, 5.74) is 2.60. The molecule has 6 nitrogen and oxygen atoms in total. The topological polar surface area (TPSA) is 60.9 Å². The summed E-state index contributed by atoms with van der Waals surface area (Å²) in [5.74, 6) is 1.41. The van der Waals surface area contributed by atoms with Gasteiger partial charge in [-0.3, -0.25) is 9.69 Å². The van der Waals surface area contributed by atoms with E-state index in [-0.39, 0.29) is 12.3 Å². The first kappa shape index (κ1) is 21.4. The van der Waals surface area contributed by atoms with Crippen LogP contribution in [0.5, 0.6) is 17.2 Å². The fourth-order valence-electron chi connectivity index (χ4n) is 3.05. The van der Waals surface area contributed by atoms with Crippen LogP contribution in [0.15, 0.2) is 60.5 Å². The van der Waals surface area contributed by atoms with Crippen molar-refractivity contribution in [3.8, 4) is 28.5 Å². The number of nitrogens with zero attached hydrogens (tertiary/aromatic N) is 2. The molecule has 2 aromatic carbocycles. The molecule has 0 saturated heterocycles. The van der Waals surface area contributed by atoms with Gasteiger partial charge in [0.05, 0.1) is 33.4 Å². The normalized spacial score (nSPS) is 10.4. The number of anilines is 1. The van der Waals surface area contributed by atoms with Crippen molar-refractivity contribution >= 4 is 22.4 Å². The van der Waals surface area contributed by atoms with E-state index in [4.69, 9.17) is 14.2 Å². The molecular weight excluding hydrogens is 400 g/mol. The summed E-state index contributed by atoms with van der Waals surface area (Å²) in [6, 6.07) is 13.4. The van der Waals surface area contributed by atoms with Crippen LogP contribution in [-0.2, 0) is 11.2 Å². The molecule has 0 bridgehead atoms. The molecule has 1 amide bonds. The lowest BCUT2D eigenvalue weighted by Crippen LogP contribution is -2.32. The van der Waals surface area contributed by atoms with E-state index in [9.17, 15) is 4.79 Å². The predicted molar refractivity (Wildman–Crippen MR) is 120 cm³/mol. The summed E-state index contributed by atoms with van der Waals surface area (Å²) in [7, 11) is 4.64. The molecule has 0 radical (unpaired) electrons. The second kappa shape index (κ2) is 9.93. The van der Waals surface area contributed by atoms with Gasteiger partial charge in [0.2, 0.25) is 11.7 Å². The van der Waals surface area contributed by atoms with Crippen LogP contribution in [0.2, 0.25) is 0 Å². The van der Waals surface area contributed by atoms with Crippen molar-refractivity contribution in [1.82, 2.24) is 4.98 Å². The van der Waals surface area contributed by atoms with E-state index in [1.54, 1.807) is 44.4 Å². The minimum absolute atomic E-state index is 0.0989. The van der Waals surface area contributed by atoms with Crippen molar-refractivity contribution in [2.24, 2.45) is 0 Å². The van der Waals surface area contributed by atoms with Crippen molar-refractivity contribution in [3.63, 3.8) is 0 Å². The lowest BCUT2D eigenvalue weighted by molar-refractivity contribution is -0.117. The molecule has 1 aromatic heterocycles. The first-order valence-corrected chi connectivity index (χ1v) is 10.2. The van der Waals surface area contributed by atoms with Gasteiger partial charge in [0.15, 0.2) is 16.6 Å². The van der Waals surface area contributed by atoms with E-state index in [1.807, 2.05) is 35.7 Å². The molecule has 0 saturated carbocycles. The van der Waals surface area contributed by atoms with Crippen LogP contribution in [0.25, 0.3) is 11.3 Å². The minimum Gasteiger partial charge on any atom is -0.493 e. The molecule has 0 aliphatic carbocycles. The monoisotopic (exact) mass is 424 g/mol. The lowest BCUT2D eigenvalue weighted by Gasteiger charge is -2.19. The SMILES string of the molecule is C=CCN(C(=O)Cc1cc(OC)c(OC)c(OC)c1)c1nc(-c2ccccc2)cs1. The van der Waals surface area contributed by atoms with Crippen molar-refractivity contribution in [3.05, 3.63) is 66.1 Å². The number of hydrogen-bond acceptors (Lipinski definition) is 6. The maximum absolute atomic E-state index is 13.1. The summed E-state index contributed by atoms with van der Waals surface area (Å²) in [6.45, 7) is 4.15. The van der Waals surface area contributed by atoms with Gasteiger partial charge in [-0.25, -0.2) is 4.98 Å². The van der Waals surface area contributed by atoms with Crippen LogP contribution < -0.4 is 19.1 Å². The first-order valence-electron chi connectivity index (χ1n) is 9.32. The number of amides is 1. The lowest BCUT2D eigenvalue weighted by atomic mass is 10.1. The van der Waals surface area contributed by atoms with E-state index in [1.165, 1.54) is 11.3 Å². The molecule has 0 aliphatic heterocycles. The van der Waals surface area contributed by atoms with E-state index in [2.05, 4.69) is 11.6 Å². The number of hydrogen-bond donors (Lipinski definition) is 0. The van der Waals surface area contributed by atoms with E-state index in [0.29, 0.717) is 28.9 Å². The van der Waals surface area contributed by atoms with Gasteiger partial charge >= 0.3 is 0 Å². The molecule has 30 heavy (non-hydrogen) atoms. The molecule has 0 fully saturated rings. The van der Waals surface area contributed by atoms with Gasteiger partial charge in [-0.2, -0.15) is 0 Å². The molecule has 7 heteroatoms. The highest BCUT2D eigenvalue weighted by molar-refractivity contribution is 7.14. The predicted octanol–water partition coefficient (Wildman–Crippen LogP) is 4.60. The Morgan fingerprint density at radius 3 is 2.33 bits per heavy atom. The van der Waals surface area contributed by atoms with Crippen LogP contribution in [-0.4, -0.2) is 38.8 Å². The third kappa shape index (κ3) is 4.63. The molecule has 0 N–H and O–H groups in total. The van der Waals surface area contributed by atoms with Gasteiger partial charge in [-0.1, -0.05) is 36.4 Å². The van der Waals surface area contributed by atoms with Crippen LogP contribution in [0.3, 0.4) is 0 Å². The summed E-state index contributed by atoms with van der Waals surface area (Å²) >= 11 is 1.43. The Balaban J connectivity index is 1.86. The fourth-order valence-corrected chi connectivity index (χ4v) is 3.91. The molecule has 0 aliphatic rings. The maximum atomic E-state index is 13.1. The Hall–Kier alpha value is -3.32. The summed E-state index contributed by atoms with van der Waals surface area (Å²) in [5, 5.41) is 2.58. The second-order valence-electron chi connectivity index (χ2n) is 6.38. The Morgan fingerprint density at radius 1 is 1.10 bits per heavy atom. The Bertz CT molecular complexity index is 992. The summed E-state index contributed by atoms with van der Waals surface area (Å²) < 4.78 is 16.1.